The minimum atomic E-state index is 1.12. The van der Waals surface area contributed by atoms with E-state index in [4.69, 9.17) is 0 Å². The van der Waals surface area contributed by atoms with Gasteiger partial charge in [0.05, 0.1) is 0 Å². The number of aromatic amines is 1. The van der Waals surface area contributed by atoms with E-state index in [-0.39, 0.29) is 0 Å². The summed E-state index contributed by atoms with van der Waals surface area (Å²) in [4.78, 5) is 3.40. The molecule has 0 aliphatic heterocycles. The predicted molar refractivity (Wildman–Crippen MR) is 48.8 cm³/mol. The summed E-state index contributed by atoms with van der Waals surface area (Å²) >= 11 is 0. The Balaban J connectivity index is 2.44. The van der Waals surface area contributed by atoms with E-state index in [1.54, 1.807) is 0 Å². The fourth-order valence-corrected chi connectivity index (χ4v) is 1.21. The molecule has 0 saturated heterocycles. The summed E-state index contributed by atoms with van der Waals surface area (Å²) in [5.74, 6) is 0. The largest absolute Gasteiger partial charge is 0.362 e. The molecule has 62 valence electrons. The van der Waals surface area contributed by atoms with Crippen LogP contribution >= 0.6 is 0 Å². The van der Waals surface area contributed by atoms with Crippen molar-refractivity contribution in [1.29, 1.82) is 0 Å². The highest BCUT2D eigenvalue weighted by molar-refractivity contribution is 5.12. The van der Waals surface area contributed by atoms with Crippen molar-refractivity contribution in [2.45, 2.75) is 39.5 Å². The molecule has 0 radical (unpaired) electrons. The van der Waals surface area contributed by atoms with E-state index in [9.17, 15) is 0 Å². The molecule has 1 aromatic rings. The maximum atomic E-state index is 3.40. The summed E-state index contributed by atoms with van der Waals surface area (Å²) in [7, 11) is 0. The topological polar surface area (TPSA) is 15.8 Å². The van der Waals surface area contributed by atoms with Gasteiger partial charge in [-0.3, -0.25) is 0 Å². The minimum Gasteiger partial charge on any atom is -0.362 e. The van der Waals surface area contributed by atoms with Gasteiger partial charge in [-0.15, -0.1) is 0 Å². The molecule has 0 saturated carbocycles. The SMILES string of the molecule is CCCCc1ccc(CC)[nH]1. The second-order valence-corrected chi connectivity index (χ2v) is 2.97. The van der Waals surface area contributed by atoms with Crippen LogP contribution in [0.2, 0.25) is 0 Å². The van der Waals surface area contributed by atoms with Gasteiger partial charge in [0, 0.05) is 11.4 Å². The van der Waals surface area contributed by atoms with E-state index >= 15 is 0 Å². The Morgan fingerprint density at radius 1 is 1.18 bits per heavy atom. The maximum Gasteiger partial charge on any atom is 0.0149 e. The second-order valence-electron chi connectivity index (χ2n) is 2.97. The van der Waals surface area contributed by atoms with Crippen molar-refractivity contribution < 1.29 is 0 Å². The van der Waals surface area contributed by atoms with Crippen LogP contribution in [0, 0.1) is 0 Å². The Morgan fingerprint density at radius 3 is 2.45 bits per heavy atom. The third-order valence-electron chi connectivity index (χ3n) is 1.99. The predicted octanol–water partition coefficient (Wildman–Crippen LogP) is 2.92. The Labute approximate surface area is 68.8 Å². The first kappa shape index (κ1) is 8.38. The average molecular weight is 151 g/mol. The second kappa shape index (κ2) is 4.22. The fourth-order valence-electron chi connectivity index (χ4n) is 1.21. The molecular weight excluding hydrogens is 134 g/mol. The number of hydrogen-bond acceptors (Lipinski definition) is 0. The van der Waals surface area contributed by atoms with Gasteiger partial charge in [0.1, 0.15) is 0 Å². The Bertz CT molecular complexity index is 200. The van der Waals surface area contributed by atoms with Gasteiger partial charge in [0.25, 0.3) is 0 Å². The molecule has 0 aliphatic rings. The number of aryl methyl sites for hydroxylation is 2. The van der Waals surface area contributed by atoms with Gasteiger partial charge >= 0.3 is 0 Å². The van der Waals surface area contributed by atoms with Gasteiger partial charge in [0.2, 0.25) is 0 Å². The zero-order valence-corrected chi connectivity index (χ0v) is 7.48. The molecule has 0 amide bonds. The van der Waals surface area contributed by atoms with E-state index in [0.29, 0.717) is 0 Å². The highest BCUT2D eigenvalue weighted by Crippen LogP contribution is 2.05. The van der Waals surface area contributed by atoms with Crippen LogP contribution in [0.25, 0.3) is 0 Å². The summed E-state index contributed by atoms with van der Waals surface area (Å²) in [5, 5.41) is 0. The van der Waals surface area contributed by atoms with Crippen molar-refractivity contribution in [3.05, 3.63) is 23.5 Å². The van der Waals surface area contributed by atoms with Crippen LogP contribution in [0.5, 0.6) is 0 Å². The van der Waals surface area contributed by atoms with Gasteiger partial charge in [-0.2, -0.15) is 0 Å². The van der Waals surface area contributed by atoms with Crippen molar-refractivity contribution in [2.24, 2.45) is 0 Å². The van der Waals surface area contributed by atoms with Crippen molar-refractivity contribution >= 4 is 0 Å². The number of H-pyrrole nitrogens is 1. The van der Waals surface area contributed by atoms with Gasteiger partial charge < -0.3 is 4.98 Å². The zero-order chi connectivity index (χ0) is 8.10. The van der Waals surface area contributed by atoms with Crippen LogP contribution in [-0.2, 0) is 12.8 Å². The molecule has 0 atom stereocenters. The number of aromatic nitrogens is 1. The molecule has 0 aromatic carbocycles. The summed E-state index contributed by atoms with van der Waals surface area (Å²) in [6.07, 6.45) is 4.90. The lowest BCUT2D eigenvalue weighted by Gasteiger charge is -1.94. The van der Waals surface area contributed by atoms with Crippen LogP contribution in [0.1, 0.15) is 38.1 Å². The molecule has 1 rings (SSSR count). The molecule has 0 bridgehead atoms. The van der Waals surface area contributed by atoms with E-state index in [0.717, 1.165) is 6.42 Å². The minimum absolute atomic E-state index is 1.12. The molecule has 1 aromatic heterocycles. The first-order valence-electron chi connectivity index (χ1n) is 4.53. The molecular formula is C10H17N. The van der Waals surface area contributed by atoms with Gasteiger partial charge in [0.15, 0.2) is 0 Å². The Kier molecular flexibility index (Phi) is 3.21. The van der Waals surface area contributed by atoms with Crippen LogP contribution in [-0.4, -0.2) is 4.98 Å². The number of nitrogens with one attached hydrogen (secondary N) is 1. The van der Waals surface area contributed by atoms with Crippen LogP contribution < -0.4 is 0 Å². The van der Waals surface area contributed by atoms with Crippen LogP contribution in [0.15, 0.2) is 12.1 Å². The lowest BCUT2D eigenvalue weighted by atomic mass is 10.2. The Hall–Kier alpha value is -0.720. The molecule has 1 N–H and O–H groups in total. The monoisotopic (exact) mass is 151 g/mol. The van der Waals surface area contributed by atoms with Gasteiger partial charge in [-0.1, -0.05) is 20.3 Å². The van der Waals surface area contributed by atoms with Crippen molar-refractivity contribution in [1.82, 2.24) is 4.98 Å². The number of unbranched alkanes of at least 4 members (excludes halogenated alkanes) is 1. The highest BCUT2D eigenvalue weighted by atomic mass is 14.7. The van der Waals surface area contributed by atoms with E-state index in [2.05, 4.69) is 31.0 Å². The fraction of sp³-hybridized carbons (Fsp3) is 0.600. The zero-order valence-electron chi connectivity index (χ0n) is 7.48. The first-order chi connectivity index (χ1) is 5.36. The summed E-state index contributed by atoms with van der Waals surface area (Å²) in [5.41, 5.74) is 2.75. The summed E-state index contributed by atoms with van der Waals surface area (Å²) in [6, 6.07) is 4.39. The van der Waals surface area contributed by atoms with Crippen molar-refractivity contribution in [2.75, 3.05) is 0 Å². The highest BCUT2D eigenvalue weighted by Gasteiger charge is 1.94. The molecule has 1 heterocycles. The van der Waals surface area contributed by atoms with E-state index < -0.39 is 0 Å². The normalized spacial score (nSPS) is 10.4. The Morgan fingerprint density at radius 2 is 1.91 bits per heavy atom. The van der Waals surface area contributed by atoms with Crippen molar-refractivity contribution in [3.8, 4) is 0 Å². The van der Waals surface area contributed by atoms with E-state index in [1.165, 1.54) is 30.7 Å². The van der Waals surface area contributed by atoms with Crippen molar-refractivity contribution in [3.63, 3.8) is 0 Å². The maximum absolute atomic E-state index is 3.40. The van der Waals surface area contributed by atoms with Gasteiger partial charge in [-0.05, 0) is 31.4 Å². The average Bonchev–Trinajstić information content (AvgIpc) is 2.48. The quantitative estimate of drug-likeness (QED) is 0.681. The number of rotatable bonds is 4. The molecule has 0 spiro atoms. The smallest absolute Gasteiger partial charge is 0.0149 e. The molecule has 11 heavy (non-hydrogen) atoms. The lowest BCUT2D eigenvalue weighted by molar-refractivity contribution is 0.777. The lowest BCUT2D eigenvalue weighted by Crippen LogP contribution is -1.85. The first-order valence-corrected chi connectivity index (χ1v) is 4.53. The van der Waals surface area contributed by atoms with Gasteiger partial charge in [-0.25, -0.2) is 0 Å². The molecule has 0 fully saturated rings. The molecule has 1 heteroatoms. The third kappa shape index (κ3) is 2.41. The molecule has 1 nitrogen and oxygen atoms in total. The number of hydrogen-bond donors (Lipinski definition) is 1. The third-order valence-corrected chi connectivity index (χ3v) is 1.99. The summed E-state index contributed by atoms with van der Waals surface area (Å²) < 4.78 is 0. The van der Waals surface area contributed by atoms with Crippen LogP contribution in [0.3, 0.4) is 0 Å². The molecule has 0 aliphatic carbocycles. The standard InChI is InChI=1S/C10H17N/c1-3-5-6-10-8-7-9(4-2)11-10/h7-8,11H,3-6H2,1-2H3. The van der Waals surface area contributed by atoms with Crippen LogP contribution in [0.4, 0.5) is 0 Å². The summed E-state index contributed by atoms with van der Waals surface area (Å²) in [6.45, 7) is 4.40. The molecule has 0 unspecified atom stereocenters. The van der Waals surface area contributed by atoms with E-state index in [1.807, 2.05) is 0 Å².